The lowest BCUT2D eigenvalue weighted by atomic mass is 9.97. The summed E-state index contributed by atoms with van der Waals surface area (Å²) >= 11 is 6.17. The van der Waals surface area contributed by atoms with E-state index < -0.39 is 57.2 Å². The summed E-state index contributed by atoms with van der Waals surface area (Å²) in [6.45, 7) is 1.01. The Bertz CT molecular complexity index is 1360. The van der Waals surface area contributed by atoms with E-state index in [9.17, 15) is 30.8 Å². The zero-order chi connectivity index (χ0) is 30.0. The van der Waals surface area contributed by atoms with E-state index in [1.54, 1.807) is 6.92 Å². The van der Waals surface area contributed by atoms with Crippen molar-refractivity contribution in [1.82, 2.24) is 9.62 Å². The van der Waals surface area contributed by atoms with Crippen LogP contribution in [0.3, 0.4) is 0 Å². The SMILES string of the molecule is CCc1ccc(OC(F)(F)F)c(S(=O)(=O)N2CCC(/C=[N+]3/N=CC(NC[C@@]4(F)CCCOC4)=C(Cl)C3=O)[C@@H](F)C2)c1. The van der Waals surface area contributed by atoms with Gasteiger partial charge in [0.25, 0.3) is 0 Å². The van der Waals surface area contributed by atoms with Gasteiger partial charge >= 0.3 is 12.3 Å². The Morgan fingerprint density at radius 3 is 2.76 bits per heavy atom. The van der Waals surface area contributed by atoms with E-state index >= 15 is 4.39 Å². The molecule has 41 heavy (non-hydrogen) atoms. The summed E-state index contributed by atoms with van der Waals surface area (Å²) in [4.78, 5) is 12.0. The number of nitrogens with one attached hydrogen (secondary N) is 1. The van der Waals surface area contributed by atoms with E-state index in [0.29, 0.717) is 25.0 Å². The molecule has 3 aliphatic rings. The molecule has 2 fully saturated rings. The molecule has 0 radical (unpaired) electrons. The Morgan fingerprint density at radius 2 is 2.12 bits per heavy atom. The number of benzene rings is 1. The predicted molar refractivity (Wildman–Crippen MR) is 139 cm³/mol. The number of nitrogens with zero attached hydrogens (tertiary/aromatic N) is 3. The zero-order valence-electron chi connectivity index (χ0n) is 22.0. The third kappa shape index (κ3) is 7.43. The fourth-order valence-corrected chi connectivity index (χ4v) is 6.50. The number of hydrogen-bond acceptors (Lipinski definition) is 7. The summed E-state index contributed by atoms with van der Waals surface area (Å²) in [5.41, 5.74) is -1.09. The summed E-state index contributed by atoms with van der Waals surface area (Å²) in [5, 5.41) is 6.43. The quantitative estimate of drug-likeness (QED) is 0.349. The van der Waals surface area contributed by atoms with Gasteiger partial charge in [-0.15, -0.1) is 13.2 Å². The van der Waals surface area contributed by atoms with Crippen molar-refractivity contribution in [2.45, 2.75) is 55.7 Å². The van der Waals surface area contributed by atoms with Crippen LogP contribution in [0.25, 0.3) is 0 Å². The summed E-state index contributed by atoms with van der Waals surface area (Å²) in [7, 11) is -4.57. The van der Waals surface area contributed by atoms with E-state index in [4.69, 9.17) is 16.3 Å². The number of hydrazone groups is 1. The molecule has 0 aromatic heterocycles. The third-order valence-electron chi connectivity index (χ3n) is 6.96. The van der Waals surface area contributed by atoms with Gasteiger partial charge in [0.1, 0.15) is 23.0 Å². The smallest absolute Gasteiger partial charge is 0.404 e. The lowest BCUT2D eigenvalue weighted by Gasteiger charge is -2.31. The van der Waals surface area contributed by atoms with Gasteiger partial charge in [-0.3, -0.25) is 0 Å². The molecule has 3 aliphatic heterocycles. The molecule has 3 atom stereocenters. The standard InChI is InChI=1S/C25H28ClF5N4O5S/c1-2-16-4-5-20(40-25(29,30)31)21(10-16)41(37,38)34-8-6-17(18(27)13-34)12-35-23(36)22(26)19(11-33-35)32-14-24(28)7-3-9-39-15-24/h4-5,10-12,17-18H,2-3,6-9,13-15H2,1H3/p+1/b35-12+/t17?,18-,24-/m0/s1. The summed E-state index contributed by atoms with van der Waals surface area (Å²) in [6.07, 6.45) is -3.49. The molecule has 1 aromatic carbocycles. The molecule has 1 unspecified atom stereocenters. The minimum Gasteiger partial charge on any atom is -0.404 e. The number of ether oxygens (including phenoxy) is 2. The molecule has 9 nitrogen and oxygen atoms in total. The lowest BCUT2D eigenvalue weighted by Crippen LogP contribution is -2.46. The number of rotatable bonds is 8. The molecule has 0 saturated carbocycles. The van der Waals surface area contributed by atoms with E-state index in [1.165, 1.54) is 18.5 Å². The predicted octanol–water partition coefficient (Wildman–Crippen LogP) is 3.66. The highest BCUT2D eigenvalue weighted by Crippen LogP contribution is 2.34. The van der Waals surface area contributed by atoms with Crippen LogP contribution in [0, 0.1) is 5.92 Å². The third-order valence-corrected chi connectivity index (χ3v) is 9.21. The van der Waals surface area contributed by atoms with E-state index in [-0.39, 0.29) is 43.3 Å². The van der Waals surface area contributed by atoms with Crippen LogP contribution in [0.15, 0.2) is 38.9 Å². The van der Waals surface area contributed by atoms with Crippen molar-refractivity contribution in [2.75, 3.05) is 32.8 Å². The first-order valence-corrected chi connectivity index (χ1v) is 14.7. The molecule has 2 saturated heterocycles. The van der Waals surface area contributed by atoms with E-state index in [0.717, 1.165) is 21.1 Å². The Hall–Kier alpha value is -2.62. The van der Waals surface area contributed by atoms with Crippen molar-refractivity contribution in [3.8, 4) is 5.75 Å². The topological polar surface area (TPSA) is 100 Å². The van der Waals surface area contributed by atoms with Crippen LogP contribution >= 0.6 is 11.6 Å². The number of piperidine rings is 1. The van der Waals surface area contributed by atoms with Gasteiger partial charge in [0, 0.05) is 24.8 Å². The van der Waals surface area contributed by atoms with Crippen molar-refractivity contribution in [2.24, 2.45) is 11.0 Å². The normalized spacial score (nSPS) is 27.4. The van der Waals surface area contributed by atoms with Crippen LogP contribution in [-0.4, -0.2) is 86.8 Å². The van der Waals surface area contributed by atoms with Gasteiger partial charge in [-0.2, -0.15) is 4.31 Å². The first-order chi connectivity index (χ1) is 19.2. The average Bonchev–Trinajstić information content (AvgIpc) is 2.91. The molecule has 0 aliphatic carbocycles. The number of halogens is 6. The maximum absolute atomic E-state index is 15.2. The number of sulfonamides is 1. The van der Waals surface area contributed by atoms with Crippen molar-refractivity contribution < 1.29 is 49.3 Å². The monoisotopic (exact) mass is 627 g/mol. The number of alkyl halides is 5. The number of aryl methyl sites for hydroxylation is 1. The Morgan fingerprint density at radius 1 is 1.37 bits per heavy atom. The van der Waals surface area contributed by atoms with Gasteiger partial charge < -0.3 is 14.8 Å². The minimum atomic E-state index is -5.13. The number of hydrogen-bond donors (Lipinski definition) is 1. The molecule has 3 heterocycles. The highest BCUT2D eigenvalue weighted by Gasteiger charge is 2.42. The molecular formula is C25H29ClF5N4O5S+. The summed E-state index contributed by atoms with van der Waals surface area (Å²) < 4.78 is 106. The molecule has 226 valence electrons. The summed E-state index contributed by atoms with van der Waals surface area (Å²) in [5.74, 6) is -2.66. The van der Waals surface area contributed by atoms with Gasteiger partial charge in [0.05, 0.1) is 24.8 Å². The molecule has 1 N–H and O–H groups in total. The van der Waals surface area contributed by atoms with E-state index in [1.807, 2.05) is 0 Å². The van der Waals surface area contributed by atoms with Crippen molar-refractivity contribution in [3.05, 3.63) is 34.5 Å². The van der Waals surface area contributed by atoms with Crippen molar-refractivity contribution in [1.29, 1.82) is 0 Å². The van der Waals surface area contributed by atoms with Crippen molar-refractivity contribution in [3.63, 3.8) is 0 Å². The molecular weight excluding hydrogens is 599 g/mol. The van der Waals surface area contributed by atoms with Crippen LogP contribution in [-0.2, 0) is 26.0 Å². The van der Waals surface area contributed by atoms with Crippen LogP contribution in [0.4, 0.5) is 22.0 Å². The van der Waals surface area contributed by atoms with Crippen molar-refractivity contribution >= 4 is 40.0 Å². The van der Waals surface area contributed by atoms with Crippen LogP contribution in [0.2, 0.25) is 0 Å². The molecule has 1 aromatic rings. The van der Waals surface area contributed by atoms with Crippen LogP contribution in [0.1, 0.15) is 31.7 Å². The average molecular weight is 628 g/mol. The number of carbonyl (C=O) groups is 1. The largest absolute Gasteiger partial charge is 0.573 e. The lowest BCUT2D eigenvalue weighted by molar-refractivity contribution is -0.447. The highest BCUT2D eigenvalue weighted by atomic mass is 35.5. The first kappa shape index (κ1) is 31.3. The van der Waals surface area contributed by atoms with E-state index in [2.05, 4.69) is 15.2 Å². The van der Waals surface area contributed by atoms with Gasteiger partial charge in [0.2, 0.25) is 10.0 Å². The fourth-order valence-electron chi connectivity index (χ4n) is 4.67. The maximum Gasteiger partial charge on any atom is 0.573 e. The fraction of sp³-hybridized carbons (Fsp3) is 0.560. The van der Waals surface area contributed by atoms with Crippen LogP contribution in [0.5, 0.6) is 5.75 Å². The second-order valence-electron chi connectivity index (χ2n) is 9.95. The Balaban J connectivity index is 1.45. The highest BCUT2D eigenvalue weighted by molar-refractivity contribution is 7.89. The molecule has 16 heteroatoms. The van der Waals surface area contributed by atoms with Gasteiger partial charge in [-0.05, 0) is 48.1 Å². The second kappa shape index (κ2) is 12.3. The maximum atomic E-state index is 15.2. The Labute approximate surface area is 238 Å². The second-order valence-corrected chi connectivity index (χ2v) is 12.2. The summed E-state index contributed by atoms with van der Waals surface area (Å²) in [6, 6.07) is 3.31. The molecule has 0 bridgehead atoms. The Kier molecular flexibility index (Phi) is 9.41. The zero-order valence-corrected chi connectivity index (χ0v) is 23.5. The molecule has 4 rings (SSSR count). The molecule has 0 spiro atoms. The first-order valence-electron chi connectivity index (χ1n) is 12.9. The number of allylic oxidation sites excluding steroid dienone is 1. The van der Waals surface area contributed by atoms with Gasteiger partial charge in [0.15, 0.2) is 16.9 Å². The van der Waals surface area contributed by atoms with Gasteiger partial charge in [-0.25, -0.2) is 22.0 Å². The number of amides is 1. The minimum absolute atomic E-state index is 0.0906. The molecule has 1 amide bonds. The number of carbonyl (C=O) groups excluding carboxylic acids is 1. The van der Waals surface area contributed by atoms with Crippen LogP contribution < -0.4 is 10.1 Å². The van der Waals surface area contributed by atoms with Gasteiger partial charge in [-0.1, -0.05) is 24.6 Å².